The molecule has 0 saturated carbocycles. The molecule has 1 aromatic heterocycles. The maximum Gasteiger partial charge on any atom is 0.334 e. The van der Waals surface area contributed by atoms with Crippen LogP contribution in [0.4, 0.5) is 5.69 Å². The van der Waals surface area contributed by atoms with Gasteiger partial charge in [-0.3, -0.25) is 14.9 Å². The Morgan fingerprint density at radius 1 is 1.35 bits per heavy atom. The Morgan fingerprint density at radius 2 is 2.04 bits per heavy atom. The number of methoxy groups -OCH3 is 1. The molecule has 0 N–H and O–H groups in total. The van der Waals surface area contributed by atoms with E-state index in [1.54, 1.807) is 0 Å². The highest BCUT2D eigenvalue weighted by molar-refractivity contribution is 5.69. The molecule has 0 aliphatic heterocycles. The van der Waals surface area contributed by atoms with Gasteiger partial charge in [0.15, 0.2) is 0 Å². The number of nitro groups is 1. The van der Waals surface area contributed by atoms with E-state index in [9.17, 15) is 14.9 Å². The van der Waals surface area contributed by atoms with Crippen LogP contribution in [0.3, 0.4) is 0 Å². The fraction of sp³-hybridized carbons (Fsp3) is 0.600. The lowest BCUT2D eigenvalue weighted by Gasteiger charge is -2.19. The van der Waals surface area contributed by atoms with Gasteiger partial charge in [-0.15, -0.1) is 0 Å². The topological polar surface area (TPSA) is 101 Å². The lowest BCUT2D eigenvalue weighted by atomic mass is 10.2. The van der Waals surface area contributed by atoms with Crippen molar-refractivity contribution in [2.75, 3.05) is 13.7 Å². The summed E-state index contributed by atoms with van der Waals surface area (Å²) >= 11 is 0. The SMILES string of the molecule is COc1ncc(OCCCCC(=O)OC(C)(C)C)cc1[N+](=O)[O-]. The van der Waals surface area contributed by atoms with Crippen LogP contribution in [0.2, 0.25) is 0 Å². The first-order valence-corrected chi connectivity index (χ1v) is 7.26. The van der Waals surface area contributed by atoms with Crippen LogP contribution < -0.4 is 9.47 Å². The molecule has 0 saturated heterocycles. The van der Waals surface area contributed by atoms with Crippen molar-refractivity contribution in [1.82, 2.24) is 4.98 Å². The Bertz CT molecular complexity index is 553. The highest BCUT2D eigenvalue weighted by Crippen LogP contribution is 2.27. The molecule has 0 unspecified atom stereocenters. The van der Waals surface area contributed by atoms with Crippen molar-refractivity contribution >= 4 is 11.7 Å². The number of ether oxygens (including phenoxy) is 3. The van der Waals surface area contributed by atoms with Gasteiger partial charge in [0, 0.05) is 6.42 Å². The second kappa shape index (κ2) is 8.30. The number of esters is 1. The molecule has 0 atom stereocenters. The molecule has 0 aliphatic carbocycles. The summed E-state index contributed by atoms with van der Waals surface area (Å²) in [5.41, 5.74) is -0.736. The summed E-state index contributed by atoms with van der Waals surface area (Å²) in [5, 5.41) is 10.9. The smallest absolute Gasteiger partial charge is 0.334 e. The summed E-state index contributed by atoms with van der Waals surface area (Å²) in [4.78, 5) is 25.6. The molecule has 0 aliphatic rings. The van der Waals surface area contributed by atoms with Gasteiger partial charge in [-0.1, -0.05) is 0 Å². The first kappa shape index (κ1) is 18.7. The molecule has 0 radical (unpaired) electrons. The van der Waals surface area contributed by atoms with Crippen molar-refractivity contribution < 1.29 is 23.9 Å². The lowest BCUT2D eigenvalue weighted by molar-refractivity contribution is -0.386. The zero-order chi connectivity index (χ0) is 17.5. The van der Waals surface area contributed by atoms with Crippen molar-refractivity contribution in [3.05, 3.63) is 22.4 Å². The van der Waals surface area contributed by atoms with Gasteiger partial charge < -0.3 is 14.2 Å². The minimum Gasteiger partial charge on any atom is -0.492 e. The molecule has 0 aromatic carbocycles. The second-order valence-corrected chi connectivity index (χ2v) is 5.85. The number of pyridine rings is 1. The third-order valence-electron chi connectivity index (χ3n) is 2.66. The van der Waals surface area contributed by atoms with E-state index in [2.05, 4.69) is 4.98 Å². The molecule has 8 nitrogen and oxygen atoms in total. The lowest BCUT2D eigenvalue weighted by Crippen LogP contribution is -2.23. The monoisotopic (exact) mass is 326 g/mol. The van der Waals surface area contributed by atoms with Crippen LogP contribution in [-0.4, -0.2) is 35.2 Å². The maximum atomic E-state index is 11.5. The number of carbonyl (C=O) groups excluding carboxylic acids is 1. The third kappa shape index (κ3) is 6.94. The minimum absolute atomic E-state index is 0.0627. The van der Waals surface area contributed by atoms with Crippen molar-refractivity contribution in [3.63, 3.8) is 0 Å². The van der Waals surface area contributed by atoms with Crippen LogP contribution in [-0.2, 0) is 9.53 Å². The Kier molecular flexibility index (Phi) is 6.74. The molecule has 1 heterocycles. The third-order valence-corrected chi connectivity index (χ3v) is 2.66. The van der Waals surface area contributed by atoms with Crippen molar-refractivity contribution in [2.45, 2.75) is 45.6 Å². The van der Waals surface area contributed by atoms with Gasteiger partial charge in [0.05, 0.1) is 30.9 Å². The molecule has 128 valence electrons. The van der Waals surface area contributed by atoms with Gasteiger partial charge in [0.2, 0.25) is 0 Å². The Morgan fingerprint density at radius 3 is 2.61 bits per heavy atom. The van der Waals surface area contributed by atoms with Gasteiger partial charge in [0.1, 0.15) is 11.4 Å². The van der Waals surface area contributed by atoms with Gasteiger partial charge >= 0.3 is 11.7 Å². The summed E-state index contributed by atoms with van der Waals surface area (Å²) in [6.45, 7) is 5.78. The van der Waals surface area contributed by atoms with Gasteiger partial charge in [-0.25, -0.2) is 4.98 Å². The number of carbonyl (C=O) groups is 1. The number of hydrogen-bond donors (Lipinski definition) is 0. The summed E-state index contributed by atoms with van der Waals surface area (Å²) in [5.74, 6) is -0.0266. The van der Waals surface area contributed by atoms with E-state index in [-0.39, 0.29) is 23.3 Å². The zero-order valence-electron chi connectivity index (χ0n) is 13.8. The van der Waals surface area contributed by atoms with E-state index in [0.29, 0.717) is 25.9 Å². The van der Waals surface area contributed by atoms with Crippen LogP contribution in [0.15, 0.2) is 12.3 Å². The quantitative estimate of drug-likeness (QED) is 0.313. The van der Waals surface area contributed by atoms with Crippen LogP contribution in [0.5, 0.6) is 11.6 Å². The van der Waals surface area contributed by atoms with Crippen LogP contribution in [0.25, 0.3) is 0 Å². The van der Waals surface area contributed by atoms with Crippen molar-refractivity contribution in [3.8, 4) is 11.6 Å². The number of nitrogens with zero attached hydrogens (tertiary/aromatic N) is 2. The molecular weight excluding hydrogens is 304 g/mol. The van der Waals surface area contributed by atoms with E-state index < -0.39 is 10.5 Å². The fourth-order valence-corrected chi connectivity index (χ4v) is 1.74. The molecule has 0 amide bonds. The van der Waals surface area contributed by atoms with Gasteiger partial charge in [-0.2, -0.15) is 0 Å². The Labute approximate surface area is 134 Å². The summed E-state index contributed by atoms with van der Waals surface area (Å²) in [6.07, 6.45) is 2.90. The van der Waals surface area contributed by atoms with E-state index in [0.717, 1.165) is 0 Å². The molecule has 0 spiro atoms. The number of unbranched alkanes of at least 4 members (excludes halogenated alkanes) is 1. The minimum atomic E-state index is -0.582. The predicted octanol–water partition coefficient (Wildman–Crippen LogP) is 2.89. The second-order valence-electron chi connectivity index (χ2n) is 5.85. The largest absolute Gasteiger partial charge is 0.492 e. The van der Waals surface area contributed by atoms with E-state index >= 15 is 0 Å². The molecule has 23 heavy (non-hydrogen) atoms. The van der Waals surface area contributed by atoms with Gasteiger partial charge in [-0.05, 0) is 33.6 Å². The predicted molar refractivity (Wildman–Crippen MR) is 82.6 cm³/mol. The van der Waals surface area contributed by atoms with Crippen molar-refractivity contribution in [2.24, 2.45) is 0 Å². The molecule has 1 rings (SSSR count). The molecule has 1 aromatic rings. The van der Waals surface area contributed by atoms with Crippen LogP contribution in [0, 0.1) is 10.1 Å². The first-order chi connectivity index (χ1) is 10.7. The number of hydrogen-bond acceptors (Lipinski definition) is 7. The maximum absolute atomic E-state index is 11.5. The molecule has 0 fully saturated rings. The average Bonchev–Trinajstić information content (AvgIpc) is 2.44. The molecule has 8 heteroatoms. The van der Waals surface area contributed by atoms with E-state index in [4.69, 9.17) is 14.2 Å². The van der Waals surface area contributed by atoms with E-state index in [1.807, 2.05) is 20.8 Å². The van der Waals surface area contributed by atoms with Crippen LogP contribution >= 0.6 is 0 Å². The zero-order valence-corrected chi connectivity index (χ0v) is 13.8. The Balaban J connectivity index is 2.38. The summed E-state index contributed by atoms with van der Waals surface area (Å²) in [7, 11) is 1.31. The van der Waals surface area contributed by atoms with Crippen molar-refractivity contribution in [1.29, 1.82) is 0 Å². The molecule has 0 bridgehead atoms. The standard InChI is InChI=1S/C15H22N2O6/c1-15(2,3)23-13(18)7-5-6-8-22-11-9-12(17(19)20)14(21-4)16-10-11/h9-10H,5-8H2,1-4H3. The number of aromatic nitrogens is 1. The summed E-state index contributed by atoms with van der Waals surface area (Å²) < 4.78 is 15.4. The average molecular weight is 326 g/mol. The number of rotatable bonds is 8. The fourth-order valence-electron chi connectivity index (χ4n) is 1.74. The normalized spacial score (nSPS) is 11.0. The molecular formula is C15H22N2O6. The summed E-state index contributed by atoms with van der Waals surface area (Å²) in [6, 6.07) is 1.26. The highest BCUT2D eigenvalue weighted by atomic mass is 16.6. The first-order valence-electron chi connectivity index (χ1n) is 7.26. The van der Waals surface area contributed by atoms with Crippen LogP contribution in [0.1, 0.15) is 40.0 Å². The van der Waals surface area contributed by atoms with E-state index in [1.165, 1.54) is 19.4 Å². The highest BCUT2D eigenvalue weighted by Gasteiger charge is 2.18. The van der Waals surface area contributed by atoms with Gasteiger partial charge in [0.25, 0.3) is 5.88 Å². The Hall–Kier alpha value is -2.38.